The van der Waals surface area contributed by atoms with Gasteiger partial charge < -0.3 is 19.6 Å². The summed E-state index contributed by atoms with van der Waals surface area (Å²) in [5.74, 6) is 9.59. The predicted molar refractivity (Wildman–Crippen MR) is 267 cm³/mol. The van der Waals surface area contributed by atoms with Gasteiger partial charge >= 0.3 is 5.97 Å². The van der Waals surface area contributed by atoms with Crippen LogP contribution in [0.2, 0.25) is 0 Å². The predicted octanol–water partition coefficient (Wildman–Crippen LogP) is 12.8. The lowest BCUT2D eigenvalue weighted by Gasteiger charge is -2.72. The zero-order valence-electron chi connectivity index (χ0n) is 42.6. The molecule has 1 N–H and O–H groups in total. The summed E-state index contributed by atoms with van der Waals surface area (Å²) in [7, 11) is 2.06. The van der Waals surface area contributed by atoms with E-state index >= 15 is 0 Å². The number of fused-ring (bicyclic) bond motifs is 7. The molecule has 1 aromatic carbocycles. The summed E-state index contributed by atoms with van der Waals surface area (Å²) in [4.78, 5) is 27.8. The summed E-state index contributed by atoms with van der Waals surface area (Å²) in [5, 5.41) is 4.38. The van der Waals surface area contributed by atoms with Gasteiger partial charge in [0.15, 0.2) is 0 Å². The smallest absolute Gasteiger partial charge is 0.309 e. The number of hydrogen-bond acceptors (Lipinski definition) is 6. The van der Waals surface area contributed by atoms with Gasteiger partial charge in [0, 0.05) is 60.7 Å². The van der Waals surface area contributed by atoms with Crippen LogP contribution in [-0.2, 0) is 25.7 Å². The minimum Gasteiger partial charge on any atom is -0.462 e. The van der Waals surface area contributed by atoms with Crippen LogP contribution in [0.1, 0.15) is 178 Å². The van der Waals surface area contributed by atoms with E-state index in [0.717, 1.165) is 37.0 Å². The monoisotopic (exact) mass is 891 g/mol. The van der Waals surface area contributed by atoms with Crippen molar-refractivity contribution in [1.82, 2.24) is 10.2 Å². The molecule has 1 saturated heterocycles. The van der Waals surface area contributed by atoms with Gasteiger partial charge in [-0.1, -0.05) is 124 Å². The fraction of sp³-hybridized carbons (Fsp3) is 0.839. The Balaban J connectivity index is 0.000000405. The summed E-state index contributed by atoms with van der Waals surface area (Å²) in [6.07, 6.45) is 20.1. The van der Waals surface area contributed by atoms with Gasteiger partial charge in [-0.3, -0.25) is 9.69 Å². The van der Waals surface area contributed by atoms with E-state index in [1.165, 1.54) is 114 Å². The third-order valence-corrected chi connectivity index (χ3v) is 21.8. The van der Waals surface area contributed by atoms with E-state index in [9.17, 15) is 9.59 Å². The number of rotatable bonds is 11. The third kappa shape index (κ3) is 9.63. The molecular weight excluding hydrogens is 797 g/mol. The molecule has 0 amide bonds. The normalized spacial score (nSPS) is 39.3. The first kappa shape index (κ1) is 50.9. The van der Waals surface area contributed by atoms with E-state index < -0.39 is 0 Å². The maximum atomic E-state index is 13.5. The van der Waals surface area contributed by atoms with E-state index in [1.54, 1.807) is 7.11 Å². The van der Waals surface area contributed by atoms with Crippen LogP contribution in [0.4, 0.5) is 0 Å². The average molecular weight is 891 g/mol. The molecule has 7 aliphatic rings. The highest BCUT2D eigenvalue weighted by Crippen LogP contribution is 2.76. The Morgan fingerprint density at radius 2 is 1.52 bits per heavy atom. The second-order valence-corrected chi connectivity index (χ2v) is 26.4. The number of nitrogens with one attached hydrogen (secondary N) is 1. The van der Waals surface area contributed by atoms with E-state index in [2.05, 4.69) is 92.2 Å². The van der Waals surface area contributed by atoms with Crippen LogP contribution >= 0.6 is 10.5 Å². The quantitative estimate of drug-likeness (QED) is 0.136. The van der Waals surface area contributed by atoms with Crippen molar-refractivity contribution >= 4 is 28.6 Å². The lowest BCUT2D eigenvalue weighted by molar-refractivity contribution is -0.247. The molecule has 0 bridgehead atoms. The zero-order valence-corrected chi connectivity index (χ0v) is 43.4. The lowest BCUT2D eigenvalue weighted by Crippen LogP contribution is -2.69. The zero-order chi connectivity index (χ0) is 46.1. The number of carbonyl (C=O) groups is 2. The maximum absolute atomic E-state index is 13.5. The SMILES string of the molecule is C=S1CCN(C(C)(C)CNC23CCCC2C2CCC4C5(C)CCC(OC(=O)C6CC(C=O)C6(C)C)C(C)(C)C5CCC4(C)[C@]2(C)CC3)CC1.CCCCC.COCc1ccccc1. The molecule has 8 rings (SSSR count). The number of hydrogen-bond donors (Lipinski definition) is 1. The lowest BCUT2D eigenvalue weighted by atomic mass is 9.33. The summed E-state index contributed by atoms with van der Waals surface area (Å²) < 4.78 is 11.4. The average Bonchev–Trinajstić information content (AvgIpc) is 3.67. The Labute approximate surface area is 389 Å². The van der Waals surface area contributed by atoms with Crippen molar-refractivity contribution in [3.05, 3.63) is 35.9 Å². The highest BCUT2D eigenvalue weighted by atomic mass is 32.2. The van der Waals surface area contributed by atoms with E-state index in [1.807, 2.05) is 30.3 Å². The van der Waals surface area contributed by atoms with Crippen LogP contribution in [0.15, 0.2) is 30.3 Å². The number of unbranched alkanes of at least 4 members (excludes halogenated alkanes) is 2. The van der Waals surface area contributed by atoms with Gasteiger partial charge in [-0.05, 0) is 135 Å². The second kappa shape index (κ2) is 20.0. The van der Waals surface area contributed by atoms with Gasteiger partial charge in [0.1, 0.15) is 12.4 Å². The van der Waals surface area contributed by atoms with Gasteiger partial charge in [0.25, 0.3) is 0 Å². The molecule has 7 heteroatoms. The molecule has 6 nitrogen and oxygen atoms in total. The Morgan fingerprint density at radius 1 is 0.841 bits per heavy atom. The number of benzene rings is 1. The number of esters is 1. The van der Waals surface area contributed by atoms with Crippen molar-refractivity contribution in [3.63, 3.8) is 0 Å². The van der Waals surface area contributed by atoms with E-state index in [4.69, 9.17) is 9.47 Å². The molecule has 6 aliphatic carbocycles. The van der Waals surface area contributed by atoms with Crippen LogP contribution < -0.4 is 5.32 Å². The standard InChI is InChI=1S/C43H72N2O3S.C8H10O.C5H12/c1-37(2,45-22-24-49(10)25-23-45)28-44-43-17-11-12-31(43)30-13-14-34-40(7)18-16-35(48-36(47)32-26-29(27-46)38(32,3)4)39(5,6)33(40)15-19-42(34,9)41(30,8)20-21-43;1-9-7-8-5-3-2-4-6-8;1-3-5-4-2/h27,29-35,44H,10-26,28H2,1-9H3;2-6H,7H2,1H3;3-5H2,1-2H3/t29?,30?,31?,32?,33?,34?,35?,40?,41-,42?,43?;;/m1../s1. The minimum absolute atomic E-state index is 0.0289. The highest BCUT2D eigenvalue weighted by Gasteiger charge is 2.70. The molecule has 11 atom stereocenters. The first-order valence-electron chi connectivity index (χ1n) is 25.9. The van der Waals surface area contributed by atoms with Gasteiger partial charge in [-0.25, -0.2) is 0 Å². The molecule has 0 spiro atoms. The fourth-order valence-electron chi connectivity index (χ4n) is 15.8. The Kier molecular flexibility index (Phi) is 16.1. The van der Waals surface area contributed by atoms with Crippen molar-refractivity contribution in [2.45, 2.75) is 196 Å². The molecule has 1 aliphatic heterocycles. The van der Waals surface area contributed by atoms with Crippen LogP contribution in [0.3, 0.4) is 0 Å². The molecule has 1 aromatic rings. The third-order valence-electron chi connectivity index (χ3n) is 20.2. The van der Waals surface area contributed by atoms with Gasteiger partial charge in [-0.15, -0.1) is 0 Å². The first-order valence-corrected chi connectivity index (χ1v) is 27.6. The number of methoxy groups -OCH3 is 1. The molecule has 358 valence electrons. The molecule has 10 unspecified atom stereocenters. The van der Waals surface area contributed by atoms with E-state index in [0.29, 0.717) is 45.8 Å². The first-order chi connectivity index (χ1) is 29.7. The van der Waals surface area contributed by atoms with Crippen molar-refractivity contribution in [2.24, 2.45) is 62.6 Å². The summed E-state index contributed by atoms with van der Waals surface area (Å²) in [6.45, 7) is 30.8. The molecule has 1 heterocycles. The summed E-state index contributed by atoms with van der Waals surface area (Å²) >= 11 is 0. The molecule has 0 radical (unpaired) electrons. The van der Waals surface area contributed by atoms with Crippen molar-refractivity contribution in [1.29, 1.82) is 0 Å². The Bertz CT molecular complexity index is 1700. The molecule has 0 aromatic heterocycles. The summed E-state index contributed by atoms with van der Waals surface area (Å²) in [5.41, 5.74) is 2.41. The molecule has 7 fully saturated rings. The van der Waals surface area contributed by atoms with Crippen molar-refractivity contribution in [2.75, 3.05) is 38.2 Å². The molecule has 63 heavy (non-hydrogen) atoms. The maximum Gasteiger partial charge on any atom is 0.309 e. The largest absolute Gasteiger partial charge is 0.462 e. The van der Waals surface area contributed by atoms with Gasteiger partial charge in [-0.2, -0.15) is 10.5 Å². The number of ether oxygens (including phenoxy) is 2. The Morgan fingerprint density at radius 3 is 2.13 bits per heavy atom. The van der Waals surface area contributed by atoms with Crippen LogP contribution in [0.25, 0.3) is 0 Å². The van der Waals surface area contributed by atoms with Crippen LogP contribution in [-0.4, -0.2) is 78.5 Å². The minimum atomic E-state index is -0.292. The number of carbonyl (C=O) groups excluding carboxylic acids is 2. The van der Waals surface area contributed by atoms with Crippen LogP contribution in [0.5, 0.6) is 0 Å². The number of aldehydes is 1. The van der Waals surface area contributed by atoms with Gasteiger partial charge in [0.2, 0.25) is 0 Å². The summed E-state index contributed by atoms with van der Waals surface area (Å²) in [6, 6.07) is 10.1. The van der Waals surface area contributed by atoms with E-state index in [-0.39, 0.29) is 45.7 Å². The topological polar surface area (TPSA) is 67.9 Å². The fourth-order valence-corrected chi connectivity index (χ4v) is 16.9. The van der Waals surface area contributed by atoms with Gasteiger partial charge in [0.05, 0.1) is 12.5 Å². The molecular formula is C56H94N2O4S. The Hall–Kier alpha value is -1.54. The van der Waals surface area contributed by atoms with Crippen LogP contribution in [0, 0.1) is 62.6 Å². The second-order valence-electron chi connectivity index (χ2n) is 24.4. The highest BCUT2D eigenvalue weighted by molar-refractivity contribution is 8.14. The number of nitrogens with zero attached hydrogens (tertiary/aromatic N) is 1. The van der Waals surface area contributed by atoms with Crippen molar-refractivity contribution < 1.29 is 19.1 Å². The molecule has 6 saturated carbocycles. The van der Waals surface area contributed by atoms with Crippen molar-refractivity contribution in [3.8, 4) is 0 Å².